The van der Waals surface area contributed by atoms with Crippen molar-refractivity contribution in [1.82, 2.24) is 0 Å². The zero-order valence-electron chi connectivity index (χ0n) is 14.5. The van der Waals surface area contributed by atoms with Gasteiger partial charge in [0.1, 0.15) is 5.75 Å². The third-order valence-corrected chi connectivity index (χ3v) is 4.19. The summed E-state index contributed by atoms with van der Waals surface area (Å²) in [5.74, 6) is 0.0261. The Morgan fingerprint density at radius 1 is 1.15 bits per heavy atom. The summed E-state index contributed by atoms with van der Waals surface area (Å²) in [4.78, 5) is 24.0. The zero-order valence-corrected chi connectivity index (χ0v) is 15.2. The van der Waals surface area contributed by atoms with Crippen LogP contribution in [0.15, 0.2) is 40.8 Å². The number of methoxy groups -OCH3 is 1. The molecular weight excluding hydrogens is 356 g/mol. The highest BCUT2D eigenvalue weighted by molar-refractivity contribution is 6.35. The van der Waals surface area contributed by atoms with Gasteiger partial charge in [-0.05, 0) is 31.2 Å². The van der Waals surface area contributed by atoms with Gasteiger partial charge in [0.05, 0.1) is 17.8 Å². The molecule has 3 rings (SSSR count). The number of aryl methyl sites for hydroxylation is 1. The summed E-state index contributed by atoms with van der Waals surface area (Å²) in [5, 5.41) is 6.66. The van der Waals surface area contributed by atoms with Gasteiger partial charge in [-0.3, -0.25) is 9.59 Å². The predicted molar refractivity (Wildman–Crippen MR) is 101 cm³/mol. The molecule has 1 aromatic heterocycles. The minimum atomic E-state index is -0.409. The minimum absolute atomic E-state index is 0.185. The van der Waals surface area contributed by atoms with Crippen LogP contribution in [0, 0.1) is 6.92 Å². The number of halogens is 1. The molecule has 0 spiro atoms. The Bertz CT molecular complexity index is 1010. The molecule has 0 radical (unpaired) electrons. The van der Waals surface area contributed by atoms with Crippen LogP contribution in [0.4, 0.5) is 11.4 Å². The van der Waals surface area contributed by atoms with E-state index in [0.29, 0.717) is 33.3 Å². The molecule has 0 unspecified atom stereocenters. The highest BCUT2D eigenvalue weighted by Gasteiger charge is 2.19. The Labute approximate surface area is 155 Å². The lowest BCUT2D eigenvalue weighted by Crippen LogP contribution is -2.13. The second kappa shape index (κ2) is 7.09. The molecule has 0 aliphatic rings. The summed E-state index contributed by atoms with van der Waals surface area (Å²) >= 11 is 6.13. The van der Waals surface area contributed by atoms with Crippen LogP contribution in [0.3, 0.4) is 0 Å². The number of amides is 2. The van der Waals surface area contributed by atoms with Gasteiger partial charge in [0.15, 0.2) is 11.3 Å². The maximum atomic E-state index is 12.6. The summed E-state index contributed by atoms with van der Waals surface area (Å²) in [6, 6.07) is 10.3. The largest absolute Gasteiger partial charge is 0.495 e. The van der Waals surface area contributed by atoms with Crippen LogP contribution in [0.2, 0.25) is 5.02 Å². The van der Waals surface area contributed by atoms with Gasteiger partial charge in [0.2, 0.25) is 5.91 Å². The smallest absolute Gasteiger partial charge is 0.291 e. The Hall–Kier alpha value is -2.99. The normalized spacial score (nSPS) is 10.6. The number of hydrogen-bond acceptors (Lipinski definition) is 4. The fraction of sp³-hybridized carbons (Fsp3) is 0.158. The van der Waals surface area contributed by atoms with Crippen LogP contribution in [-0.2, 0) is 4.79 Å². The zero-order chi connectivity index (χ0) is 18.8. The molecule has 6 nitrogen and oxygen atoms in total. The highest BCUT2D eigenvalue weighted by atomic mass is 35.5. The van der Waals surface area contributed by atoms with Gasteiger partial charge in [-0.1, -0.05) is 23.7 Å². The van der Waals surface area contributed by atoms with E-state index in [1.807, 2.05) is 6.07 Å². The predicted octanol–water partition coefficient (Wildman–Crippen LogP) is 4.61. The molecule has 134 valence electrons. The van der Waals surface area contributed by atoms with Gasteiger partial charge >= 0.3 is 0 Å². The topological polar surface area (TPSA) is 80.6 Å². The maximum absolute atomic E-state index is 12.6. The number of rotatable bonds is 4. The first kappa shape index (κ1) is 17.8. The van der Waals surface area contributed by atoms with Crippen LogP contribution in [0.1, 0.15) is 23.0 Å². The van der Waals surface area contributed by atoms with Crippen molar-refractivity contribution in [2.24, 2.45) is 0 Å². The van der Waals surface area contributed by atoms with Crippen LogP contribution in [-0.4, -0.2) is 18.9 Å². The average molecular weight is 373 g/mol. The monoisotopic (exact) mass is 372 g/mol. The molecule has 0 aliphatic carbocycles. The van der Waals surface area contributed by atoms with E-state index in [-0.39, 0.29) is 11.7 Å². The number of fused-ring (bicyclic) bond motifs is 1. The van der Waals surface area contributed by atoms with E-state index in [4.69, 9.17) is 20.8 Å². The molecule has 26 heavy (non-hydrogen) atoms. The number of para-hydroxylation sites is 1. The van der Waals surface area contributed by atoms with Crippen molar-refractivity contribution < 1.29 is 18.7 Å². The lowest BCUT2D eigenvalue weighted by atomic mass is 10.1. The number of carbonyl (C=O) groups is 2. The summed E-state index contributed by atoms with van der Waals surface area (Å²) in [5.41, 5.74) is 2.13. The van der Waals surface area contributed by atoms with Gasteiger partial charge in [-0.2, -0.15) is 0 Å². The van der Waals surface area contributed by atoms with Gasteiger partial charge in [0, 0.05) is 23.6 Å². The third kappa shape index (κ3) is 3.36. The van der Waals surface area contributed by atoms with Gasteiger partial charge in [-0.15, -0.1) is 0 Å². The fourth-order valence-electron chi connectivity index (χ4n) is 2.69. The lowest BCUT2D eigenvalue weighted by molar-refractivity contribution is -0.114. The molecule has 0 bridgehead atoms. The van der Waals surface area contributed by atoms with Crippen molar-refractivity contribution in [3.05, 3.63) is 52.7 Å². The maximum Gasteiger partial charge on any atom is 0.291 e. The molecule has 2 amide bonds. The number of anilines is 2. The highest BCUT2D eigenvalue weighted by Crippen LogP contribution is 2.32. The van der Waals surface area contributed by atoms with Crippen molar-refractivity contribution in [2.75, 3.05) is 17.7 Å². The molecule has 7 heteroatoms. The Kier molecular flexibility index (Phi) is 4.86. The van der Waals surface area contributed by atoms with Crippen molar-refractivity contribution in [3.63, 3.8) is 0 Å². The molecule has 0 aliphatic heterocycles. The number of benzene rings is 2. The van der Waals surface area contributed by atoms with E-state index in [1.165, 1.54) is 14.0 Å². The van der Waals surface area contributed by atoms with Crippen LogP contribution in [0.5, 0.6) is 5.75 Å². The Balaban J connectivity index is 1.92. The van der Waals surface area contributed by atoms with Gasteiger partial charge < -0.3 is 19.8 Å². The molecule has 1 heterocycles. The van der Waals surface area contributed by atoms with E-state index in [2.05, 4.69) is 10.6 Å². The van der Waals surface area contributed by atoms with Gasteiger partial charge in [-0.25, -0.2) is 0 Å². The van der Waals surface area contributed by atoms with E-state index >= 15 is 0 Å². The van der Waals surface area contributed by atoms with Crippen LogP contribution >= 0.6 is 11.6 Å². The summed E-state index contributed by atoms with van der Waals surface area (Å²) in [7, 11) is 1.50. The lowest BCUT2D eigenvalue weighted by Gasteiger charge is -2.11. The fourth-order valence-corrected chi connectivity index (χ4v) is 2.90. The van der Waals surface area contributed by atoms with E-state index in [1.54, 1.807) is 37.3 Å². The van der Waals surface area contributed by atoms with Crippen molar-refractivity contribution >= 4 is 45.8 Å². The molecule has 0 fully saturated rings. The first-order chi connectivity index (χ1) is 12.4. The first-order valence-corrected chi connectivity index (χ1v) is 8.23. The van der Waals surface area contributed by atoms with Crippen molar-refractivity contribution in [1.29, 1.82) is 0 Å². The molecule has 2 aromatic carbocycles. The number of furan rings is 1. The van der Waals surface area contributed by atoms with Crippen molar-refractivity contribution in [2.45, 2.75) is 13.8 Å². The van der Waals surface area contributed by atoms with E-state index < -0.39 is 5.91 Å². The molecule has 3 aromatic rings. The van der Waals surface area contributed by atoms with Crippen LogP contribution < -0.4 is 15.4 Å². The third-order valence-electron chi connectivity index (χ3n) is 3.89. The van der Waals surface area contributed by atoms with Crippen LogP contribution in [0.25, 0.3) is 11.0 Å². The summed E-state index contributed by atoms with van der Waals surface area (Å²) < 4.78 is 10.9. The molecule has 2 N–H and O–H groups in total. The second-order valence-corrected chi connectivity index (χ2v) is 6.13. The molecule has 0 saturated carbocycles. The summed E-state index contributed by atoms with van der Waals surface area (Å²) in [6.07, 6.45) is 0. The quantitative estimate of drug-likeness (QED) is 0.700. The number of nitrogens with one attached hydrogen (secondary N) is 2. The minimum Gasteiger partial charge on any atom is -0.495 e. The molecular formula is C19H17ClN2O4. The van der Waals surface area contributed by atoms with E-state index in [0.717, 1.165) is 5.39 Å². The van der Waals surface area contributed by atoms with Crippen molar-refractivity contribution in [3.8, 4) is 5.75 Å². The van der Waals surface area contributed by atoms with Gasteiger partial charge in [0.25, 0.3) is 5.91 Å². The standard InChI is InChI=1S/C19H17ClN2O4/c1-10-13-5-4-6-14(20)18(13)26-17(10)19(24)22-12-7-8-16(25-3)15(9-12)21-11(2)23/h4-9H,1-3H3,(H,21,23)(H,22,24). The average Bonchev–Trinajstić information content (AvgIpc) is 2.93. The summed E-state index contributed by atoms with van der Waals surface area (Å²) in [6.45, 7) is 3.19. The van der Waals surface area contributed by atoms with E-state index in [9.17, 15) is 9.59 Å². The molecule has 0 saturated heterocycles. The first-order valence-electron chi connectivity index (χ1n) is 7.85. The number of hydrogen-bond donors (Lipinski definition) is 2. The second-order valence-electron chi connectivity index (χ2n) is 5.72. The molecule has 0 atom stereocenters. The number of carbonyl (C=O) groups excluding carboxylic acids is 2. The Morgan fingerprint density at radius 2 is 1.92 bits per heavy atom. The SMILES string of the molecule is COc1ccc(NC(=O)c2oc3c(Cl)cccc3c2C)cc1NC(C)=O. The number of ether oxygens (including phenoxy) is 1. The Morgan fingerprint density at radius 3 is 2.58 bits per heavy atom.